The van der Waals surface area contributed by atoms with Crippen LogP contribution in [0.25, 0.3) is 16.9 Å². The Bertz CT molecular complexity index is 957. The Kier molecular flexibility index (Phi) is 4.03. The summed E-state index contributed by atoms with van der Waals surface area (Å²) in [5.74, 6) is 0.691. The Morgan fingerprint density at radius 2 is 1.92 bits per heavy atom. The molecule has 0 fully saturated rings. The summed E-state index contributed by atoms with van der Waals surface area (Å²) in [4.78, 5) is 28.2. The molecule has 0 radical (unpaired) electrons. The normalized spacial score (nSPS) is 10.8. The third-order valence-corrected chi connectivity index (χ3v) is 3.63. The molecule has 0 unspecified atom stereocenters. The molecule has 3 aromatic rings. The molecule has 2 heterocycles. The smallest absolute Gasteiger partial charge is 0.352 e. The summed E-state index contributed by atoms with van der Waals surface area (Å²) in [7, 11) is 2.86. The number of benzene rings is 1. The van der Waals surface area contributed by atoms with Gasteiger partial charge in [-0.1, -0.05) is 0 Å². The van der Waals surface area contributed by atoms with E-state index in [2.05, 4.69) is 14.8 Å². The number of methoxy groups -OCH3 is 2. The molecule has 2 aromatic heterocycles. The van der Waals surface area contributed by atoms with Crippen molar-refractivity contribution in [3.8, 4) is 17.0 Å². The fourth-order valence-electron chi connectivity index (χ4n) is 2.40. The maximum Gasteiger partial charge on any atom is 0.352 e. The fourth-order valence-corrected chi connectivity index (χ4v) is 2.40. The van der Waals surface area contributed by atoms with Crippen molar-refractivity contribution in [2.75, 3.05) is 14.2 Å². The lowest BCUT2D eigenvalue weighted by Gasteiger charge is -2.05. The minimum Gasteiger partial charge on any atom is -0.497 e. The third-order valence-electron chi connectivity index (χ3n) is 3.63. The van der Waals surface area contributed by atoms with E-state index >= 15 is 0 Å². The molecule has 0 bridgehead atoms. The molecule has 0 aliphatic carbocycles. The second-order valence-electron chi connectivity index (χ2n) is 5.13. The van der Waals surface area contributed by atoms with Crippen molar-refractivity contribution in [3.63, 3.8) is 0 Å². The average Bonchev–Trinajstić information content (AvgIpc) is 2.91. The molecule has 0 spiro atoms. The van der Waals surface area contributed by atoms with Crippen LogP contribution in [0.15, 0.2) is 35.1 Å². The van der Waals surface area contributed by atoms with Crippen LogP contribution in [-0.4, -0.2) is 39.4 Å². The second-order valence-corrected chi connectivity index (χ2v) is 5.13. The molecular weight excluding hydrogens is 312 g/mol. The molecule has 8 heteroatoms. The van der Waals surface area contributed by atoms with Crippen LogP contribution in [0, 0.1) is 6.92 Å². The van der Waals surface area contributed by atoms with Gasteiger partial charge < -0.3 is 9.47 Å². The zero-order valence-electron chi connectivity index (χ0n) is 13.5. The maximum atomic E-state index is 12.3. The summed E-state index contributed by atoms with van der Waals surface area (Å²) in [6.45, 7) is 1.47. The topological polar surface area (TPSA) is 87.7 Å². The van der Waals surface area contributed by atoms with Crippen LogP contribution in [0.5, 0.6) is 5.75 Å². The molecule has 8 nitrogen and oxygen atoms in total. The van der Waals surface area contributed by atoms with Crippen molar-refractivity contribution in [3.05, 3.63) is 46.6 Å². The SMILES string of the molecule is COC(=O)Cn1nc2cc(-c3ccc(OC)cc3)nc(C)n2c1=O. The van der Waals surface area contributed by atoms with Crippen molar-refractivity contribution in [1.29, 1.82) is 0 Å². The van der Waals surface area contributed by atoms with E-state index in [-0.39, 0.29) is 6.54 Å². The van der Waals surface area contributed by atoms with E-state index in [1.54, 1.807) is 20.1 Å². The van der Waals surface area contributed by atoms with Gasteiger partial charge in [0.15, 0.2) is 5.65 Å². The number of carbonyl (C=O) groups excluding carboxylic acids is 1. The highest BCUT2D eigenvalue weighted by Gasteiger charge is 2.14. The summed E-state index contributed by atoms with van der Waals surface area (Å²) < 4.78 is 12.1. The number of ether oxygens (including phenoxy) is 2. The zero-order valence-corrected chi connectivity index (χ0v) is 13.5. The number of rotatable bonds is 4. The first-order valence-electron chi connectivity index (χ1n) is 7.22. The highest BCUT2D eigenvalue weighted by molar-refractivity contribution is 5.69. The summed E-state index contributed by atoms with van der Waals surface area (Å²) in [5.41, 5.74) is 1.54. The van der Waals surface area contributed by atoms with E-state index < -0.39 is 11.7 Å². The standard InChI is InChI=1S/C16H16N4O4/c1-10-17-13(11-4-6-12(23-2)7-5-11)8-14-18-19(9-15(21)24-3)16(22)20(10)14/h4-8H,9H2,1-3H3. The summed E-state index contributed by atoms with van der Waals surface area (Å²) in [6, 6.07) is 9.11. The van der Waals surface area contributed by atoms with E-state index in [1.165, 1.54) is 11.5 Å². The molecule has 0 N–H and O–H groups in total. The second kappa shape index (κ2) is 6.15. The van der Waals surface area contributed by atoms with E-state index in [0.717, 1.165) is 16.0 Å². The van der Waals surface area contributed by atoms with Crippen LogP contribution in [0.4, 0.5) is 0 Å². The Balaban J connectivity index is 2.09. The van der Waals surface area contributed by atoms with Crippen molar-refractivity contribution in [2.45, 2.75) is 13.5 Å². The monoisotopic (exact) mass is 328 g/mol. The van der Waals surface area contributed by atoms with Crippen molar-refractivity contribution >= 4 is 11.6 Å². The zero-order chi connectivity index (χ0) is 17.3. The Labute approximate surface area is 137 Å². The lowest BCUT2D eigenvalue weighted by molar-refractivity contribution is -0.141. The minimum absolute atomic E-state index is 0.242. The Morgan fingerprint density at radius 1 is 1.21 bits per heavy atom. The van der Waals surface area contributed by atoms with Crippen LogP contribution in [0.2, 0.25) is 0 Å². The van der Waals surface area contributed by atoms with E-state index in [0.29, 0.717) is 17.2 Å². The number of hydrogen-bond acceptors (Lipinski definition) is 6. The van der Waals surface area contributed by atoms with Gasteiger partial charge in [-0.3, -0.25) is 4.79 Å². The molecule has 0 saturated heterocycles. The molecule has 0 saturated carbocycles. The van der Waals surface area contributed by atoms with Crippen LogP contribution in [-0.2, 0) is 16.1 Å². The van der Waals surface area contributed by atoms with Crippen molar-refractivity contribution in [2.24, 2.45) is 0 Å². The lowest BCUT2D eigenvalue weighted by atomic mass is 10.1. The lowest BCUT2D eigenvalue weighted by Crippen LogP contribution is -2.26. The summed E-state index contributed by atoms with van der Waals surface area (Å²) in [6.07, 6.45) is 0. The molecule has 0 atom stereocenters. The average molecular weight is 328 g/mol. The third kappa shape index (κ3) is 2.73. The minimum atomic E-state index is -0.540. The number of fused-ring (bicyclic) bond motifs is 1. The Morgan fingerprint density at radius 3 is 2.54 bits per heavy atom. The van der Waals surface area contributed by atoms with Gasteiger partial charge >= 0.3 is 11.7 Å². The summed E-state index contributed by atoms with van der Waals surface area (Å²) in [5, 5.41) is 4.18. The molecule has 3 rings (SSSR count). The molecule has 0 aliphatic rings. The number of aromatic nitrogens is 4. The van der Waals surface area contributed by atoms with Gasteiger partial charge in [0.05, 0.1) is 19.9 Å². The van der Waals surface area contributed by atoms with Gasteiger partial charge in [0.1, 0.15) is 18.1 Å². The number of esters is 1. The fraction of sp³-hybridized carbons (Fsp3) is 0.250. The predicted molar refractivity (Wildman–Crippen MR) is 86.0 cm³/mol. The molecule has 24 heavy (non-hydrogen) atoms. The number of aryl methyl sites for hydroxylation is 1. The Hall–Kier alpha value is -3.16. The van der Waals surface area contributed by atoms with Gasteiger partial charge in [-0.05, 0) is 31.2 Å². The van der Waals surface area contributed by atoms with Crippen LogP contribution < -0.4 is 10.4 Å². The van der Waals surface area contributed by atoms with Crippen molar-refractivity contribution in [1.82, 2.24) is 19.2 Å². The van der Waals surface area contributed by atoms with E-state index in [4.69, 9.17) is 4.74 Å². The van der Waals surface area contributed by atoms with Gasteiger partial charge in [-0.25, -0.2) is 18.9 Å². The molecule has 124 valence electrons. The highest BCUT2D eigenvalue weighted by atomic mass is 16.5. The predicted octanol–water partition coefficient (Wildman–Crippen LogP) is 1.05. The van der Waals surface area contributed by atoms with Gasteiger partial charge in [0.2, 0.25) is 0 Å². The quantitative estimate of drug-likeness (QED) is 0.665. The molecule has 0 aliphatic heterocycles. The first-order chi connectivity index (χ1) is 11.5. The number of nitrogens with zero attached hydrogens (tertiary/aromatic N) is 4. The van der Waals surface area contributed by atoms with Crippen LogP contribution in [0.3, 0.4) is 0 Å². The number of carbonyl (C=O) groups is 1. The maximum absolute atomic E-state index is 12.3. The van der Waals surface area contributed by atoms with Crippen LogP contribution >= 0.6 is 0 Å². The van der Waals surface area contributed by atoms with Crippen LogP contribution in [0.1, 0.15) is 5.82 Å². The van der Waals surface area contributed by atoms with Gasteiger partial charge in [0.25, 0.3) is 0 Å². The van der Waals surface area contributed by atoms with Crippen molar-refractivity contribution < 1.29 is 14.3 Å². The first-order valence-corrected chi connectivity index (χ1v) is 7.22. The van der Waals surface area contributed by atoms with Gasteiger partial charge in [-0.15, -0.1) is 5.10 Å². The van der Waals surface area contributed by atoms with Gasteiger partial charge in [0, 0.05) is 11.6 Å². The number of hydrogen-bond donors (Lipinski definition) is 0. The molecular formula is C16H16N4O4. The largest absolute Gasteiger partial charge is 0.497 e. The highest BCUT2D eigenvalue weighted by Crippen LogP contribution is 2.21. The first kappa shape index (κ1) is 15.7. The molecule has 1 aromatic carbocycles. The van der Waals surface area contributed by atoms with Gasteiger partial charge in [-0.2, -0.15) is 0 Å². The van der Waals surface area contributed by atoms with E-state index in [1.807, 2.05) is 24.3 Å². The van der Waals surface area contributed by atoms with E-state index in [9.17, 15) is 9.59 Å². The summed E-state index contributed by atoms with van der Waals surface area (Å²) >= 11 is 0. The molecule has 0 amide bonds.